The SMILES string of the molecule is COc1ccc2ccccc2c1CNCc1cccc(O)c1. The first kappa shape index (κ1) is 14.4. The Morgan fingerprint density at radius 2 is 1.82 bits per heavy atom. The normalized spacial score (nSPS) is 10.8. The molecule has 0 unspecified atom stereocenters. The van der Waals surface area contributed by atoms with Crippen LogP contribution in [0.4, 0.5) is 0 Å². The molecule has 0 spiro atoms. The number of ether oxygens (including phenoxy) is 1. The van der Waals surface area contributed by atoms with Gasteiger partial charge in [-0.1, -0.05) is 42.5 Å². The van der Waals surface area contributed by atoms with Gasteiger partial charge in [-0.2, -0.15) is 0 Å². The average molecular weight is 293 g/mol. The fraction of sp³-hybridized carbons (Fsp3) is 0.158. The zero-order chi connectivity index (χ0) is 15.4. The summed E-state index contributed by atoms with van der Waals surface area (Å²) in [5, 5.41) is 15.3. The van der Waals surface area contributed by atoms with Crippen LogP contribution in [0.15, 0.2) is 60.7 Å². The molecule has 0 heterocycles. The third-order valence-electron chi connectivity index (χ3n) is 3.76. The highest BCUT2D eigenvalue weighted by atomic mass is 16.5. The summed E-state index contributed by atoms with van der Waals surface area (Å²) in [4.78, 5) is 0. The highest BCUT2D eigenvalue weighted by Crippen LogP contribution is 2.27. The maximum Gasteiger partial charge on any atom is 0.123 e. The molecule has 0 saturated heterocycles. The van der Waals surface area contributed by atoms with Crippen molar-refractivity contribution >= 4 is 10.8 Å². The van der Waals surface area contributed by atoms with Gasteiger partial charge < -0.3 is 15.2 Å². The highest BCUT2D eigenvalue weighted by Gasteiger charge is 2.07. The summed E-state index contributed by atoms with van der Waals surface area (Å²) < 4.78 is 5.50. The molecular formula is C19H19NO2. The topological polar surface area (TPSA) is 41.5 Å². The van der Waals surface area contributed by atoms with E-state index in [-0.39, 0.29) is 0 Å². The second-order valence-electron chi connectivity index (χ2n) is 5.24. The number of rotatable bonds is 5. The molecule has 112 valence electrons. The van der Waals surface area contributed by atoms with Crippen molar-refractivity contribution in [1.29, 1.82) is 0 Å². The van der Waals surface area contributed by atoms with Crippen molar-refractivity contribution in [3.8, 4) is 11.5 Å². The number of nitrogens with one attached hydrogen (secondary N) is 1. The Hall–Kier alpha value is -2.52. The first-order valence-corrected chi connectivity index (χ1v) is 7.31. The second kappa shape index (κ2) is 6.50. The van der Waals surface area contributed by atoms with Gasteiger partial charge in [-0.25, -0.2) is 0 Å². The van der Waals surface area contributed by atoms with Crippen LogP contribution in [0, 0.1) is 0 Å². The lowest BCUT2D eigenvalue weighted by Crippen LogP contribution is -2.13. The van der Waals surface area contributed by atoms with E-state index in [9.17, 15) is 5.11 Å². The number of methoxy groups -OCH3 is 1. The van der Waals surface area contributed by atoms with E-state index in [4.69, 9.17) is 4.74 Å². The van der Waals surface area contributed by atoms with Crippen LogP contribution >= 0.6 is 0 Å². The van der Waals surface area contributed by atoms with E-state index in [1.807, 2.05) is 30.3 Å². The van der Waals surface area contributed by atoms with Crippen LogP contribution in [0.2, 0.25) is 0 Å². The Kier molecular flexibility index (Phi) is 4.26. The third-order valence-corrected chi connectivity index (χ3v) is 3.76. The standard InChI is InChI=1S/C19H19NO2/c1-22-19-10-9-15-6-2-3-8-17(15)18(19)13-20-12-14-5-4-7-16(21)11-14/h2-11,20-21H,12-13H2,1H3. The smallest absolute Gasteiger partial charge is 0.123 e. The zero-order valence-corrected chi connectivity index (χ0v) is 12.5. The minimum Gasteiger partial charge on any atom is -0.508 e. The summed E-state index contributed by atoms with van der Waals surface area (Å²) in [7, 11) is 1.70. The average Bonchev–Trinajstić information content (AvgIpc) is 2.55. The Morgan fingerprint density at radius 1 is 0.955 bits per heavy atom. The van der Waals surface area contributed by atoms with Crippen LogP contribution in [0.3, 0.4) is 0 Å². The van der Waals surface area contributed by atoms with Gasteiger partial charge >= 0.3 is 0 Å². The van der Waals surface area contributed by atoms with Gasteiger partial charge in [0.1, 0.15) is 11.5 Å². The maximum atomic E-state index is 9.51. The van der Waals surface area contributed by atoms with E-state index < -0.39 is 0 Å². The molecule has 2 N–H and O–H groups in total. The van der Waals surface area contributed by atoms with Gasteiger partial charge in [0.25, 0.3) is 0 Å². The third kappa shape index (κ3) is 3.05. The number of benzene rings is 3. The van der Waals surface area contributed by atoms with Crippen molar-refractivity contribution in [2.75, 3.05) is 7.11 Å². The van der Waals surface area contributed by atoms with Crippen LogP contribution in [0.25, 0.3) is 10.8 Å². The summed E-state index contributed by atoms with van der Waals surface area (Å²) in [6.45, 7) is 1.40. The van der Waals surface area contributed by atoms with Crippen molar-refractivity contribution in [3.63, 3.8) is 0 Å². The predicted molar refractivity (Wildman–Crippen MR) is 89.2 cm³/mol. The van der Waals surface area contributed by atoms with E-state index in [0.717, 1.165) is 16.9 Å². The number of fused-ring (bicyclic) bond motifs is 1. The van der Waals surface area contributed by atoms with Crippen LogP contribution < -0.4 is 10.1 Å². The van der Waals surface area contributed by atoms with Gasteiger partial charge in [-0.05, 0) is 34.5 Å². The number of phenolic OH excluding ortho intramolecular Hbond substituents is 1. The lowest BCUT2D eigenvalue weighted by atomic mass is 10.0. The largest absolute Gasteiger partial charge is 0.508 e. The first-order chi connectivity index (χ1) is 10.8. The molecule has 0 aliphatic rings. The van der Waals surface area contributed by atoms with E-state index in [1.165, 1.54) is 10.8 Å². The van der Waals surface area contributed by atoms with Crippen LogP contribution in [0.5, 0.6) is 11.5 Å². The molecule has 3 heteroatoms. The summed E-state index contributed by atoms with van der Waals surface area (Å²) in [5.41, 5.74) is 2.21. The molecule has 0 aliphatic heterocycles. The molecule has 0 amide bonds. The van der Waals surface area contributed by atoms with Gasteiger partial charge in [-0.15, -0.1) is 0 Å². The van der Waals surface area contributed by atoms with Crippen molar-refractivity contribution < 1.29 is 9.84 Å². The molecule has 22 heavy (non-hydrogen) atoms. The van der Waals surface area contributed by atoms with Gasteiger partial charge in [0.15, 0.2) is 0 Å². The molecule has 0 fully saturated rings. The summed E-state index contributed by atoms with van der Waals surface area (Å²) >= 11 is 0. The molecule has 3 rings (SSSR count). The van der Waals surface area contributed by atoms with Gasteiger partial charge in [0, 0.05) is 18.7 Å². The molecular weight excluding hydrogens is 274 g/mol. The van der Waals surface area contributed by atoms with Crippen molar-refractivity contribution in [1.82, 2.24) is 5.32 Å². The van der Waals surface area contributed by atoms with E-state index in [2.05, 4.69) is 23.5 Å². The molecule has 0 radical (unpaired) electrons. The van der Waals surface area contributed by atoms with Crippen LogP contribution in [-0.4, -0.2) is 12.2 Å². The van der Waals surface area contributed by atoms with Crippen LogP contribution in [0.1, 0.15) is 11.1 Å². The van der Waals surface area contributed by atoms with E-state index in [0.29, 0.717) is 18.8 Å². The lowest BCUT2D eigenvalue weighted by Gasteiger charge is -2.13. The van der Waals surface area contributed by atoms with Crippen LogP contribution in [-0.2, 0) is 13.1 Å². The molecule has 0 aliphatic carbocycles. The van der Waals surface area contributed by atoms with Crippen molar-refractivity contribution in [2.24, 2.45) is 0 Å². The summed E-state index contributed by atoms with van der Waals surface area (Å²) in [5.74, 6) is 1.18. The van der Waals surface area contributed by atoms with Gasteiger partial charge in [-0.3, -0.25) is 0 Å². The van der Waals surface area contributed by atoms with Crippen molar-refractivity contribution in [2.45, 2.75) is 13.1 Å². The zero-order valence-electron chi connectivity index (χ0n) is 12.5. The monoisotopic (exact) mass is 293 g/mol. The number of hydrogen-bond donors (Lipinski definition) is 2. The molecule has 3 aromatic carbocycles. The van der Waals surface area contributed by atoms with Crippen molar-refractivity contribution in [3.05, 3.63) is 71.8 Å². The Labute approximate surface area is 130 Å². The molecule has 0 bridgehead atoms. The number of aromatic hydroxyl groups is 1. The number of hydrogen-bond acceptors (Lipinski definition) is 3. The van der Waals surface area contributed by atoms with Gasteiger partial charge in [0.05, 0.1) is 7.11 Å². The Balaban J connectivity index is 1.81. The Morgan fingerprint density at radius 3 is 2.64 bits per heavy atom. The Bertz CT molecular complexity index is 783. The lowest BCUT2D eigenvalue weighted by molar-refractivity contribution is 0.408. The minimum atomic E-state index is 0.294. The number of phenols is 1. The van der Waals surface area contributed by atoms with E-state index in [1.54, 1.807) is 19.2 Å². The van der Waals surface area contributed by atoms with Gasteiger partial charge in [0.2, 0.25) is 0 Å². The molecule has 0 aromatic heterocycles. The fourth-order valence-electron chi connectivity index (χ4n) is 2.69. The summed E-state index contributed by atoms with van der Waals surface area (Å²) in [6.07, 6.45) is 0. The fourth-order valence-corrected chi connectivity index (χ4v) is 2.69. The van der Waals surface area contributed by atoms with E-state index >= 15 is 0 Å². The molecule has 0 atom stereocenters. The predicted octanol–water partition coefficient (Wildman–Crippen LogP) is 3.84. The minimum absolute atomic E-state index is 0.294. The second-order valence-corrected chi connectivity index (χ2v) is 5.24. The molecule has 3 nitrogen and oxygen atoms in total. The first-order valence-electron chi connectivity index (χ1n) is 7.31. The summed E-state index contributed by atoms with van der Waals surface area (Å²) in [6, 6.07) is 19.7. The quantitative estimate of drug-likeness (QED) is 0.751. The molecule has 0 saturated carbocycles. The highest BCUT2D eigenvalue weighted by molar-refractivity contribution is 5.87. The maximum absolute atomic E-state index is 9.51. The molecule has 3 aromatic rings.